The first-order chi connectivity index (χ1) is 25.3. The van der Waals surface area contributed by atoms with Crippen molar-refractivity contribution in [2.75, 3.05) is 9.80 Å². The van der Waals surface area contributed by atoms with Crippen LogP contribution < -0.4 is 9.80 Å². The second-order valence-electron chi connectivity index (χ2n) is 14.9. The van der Waals surface area contributed by atoms with E-state index in [0.717, 1.165) is 31.7 Å². The van der Waals surface area contributed by atoms with Crippen molar-refractivity contribution in [3.8, 4) is 16.3 Å². The van der Waals surface area contributed by atoms with E-state index in [4.69, 9.17) is 28.3 Å². The molecule has 12 heteroatoms. The second-order valence-corrected chi connectivity index (χ2v) is 16.8. The fourth-order valence-electron chi connectivity index (χ4n) is 9.51. The van der Waals surface area contributed by atoms with Crippen molar-refractivity contribution in [1.82, 2.24) is 9.78 Å². The van der Waals surface area contributed by atoms with E-state index in [0.29, 0.717) is 39.2 Å². The van der Waals surface area contributed by atoms with Crippen molar-refractivity contribution in [2.45, 2.75) is 39.5 Å². The largest absolute Gasteiger partial charge is 0.508 e. The van der Waals surface area contributed by atoms with Gasteiger partial charge in [-0.3, -0.25) is 23.9 Å². The van der Waals surface area contributed by atoms with Gasteiger partial charge in [0.1, 0.15) is 17.3 Å². The lowest BCUT2D eigenvalue weighted by Crippen LogP contribution is -2.48. The number of phenolic OH excluding ortho intramolecular Hbond substituents is 1. The molecule has 4 heterocycles. The van der Waals surface area contributed by atoms with Crippen LogP contribution in [0.3, 0.4) is 0 Å². The lowest BCUT2D eigenvalue weighted by atomic mass is 9.51. The number of imide groups is 2. The van der Waals surface area contributed by atoms with Crippen LogP contribution in [-0.4, -0.2) is 38.5 Å². The maximum absolute atomic E-state index is 15.0. The Hall–Kier alpha value is -4.77. The first-order valence-electron chi connectivity index (χ1n) is 17.5. The van der Waals surface area contributed by atoms with Gasteiger partial charge in [-0.25, -0.2) is 9.80 Å². The average molecular weight is 766 g/mol. The topological polar surface area (TPSA) is 113 Å². The highest BCUT2D eigenvalue weighted by Gasteiger charge is 2.68. The molecule has 2 aliphatic heterocycles. The van der Waals surface area contributed by atoms with E-state index in [2.05, 4.69) is 0 Å². The van der Waals surface area contributed by atoms with E-state index in [1.54, 1.807) is 65.5 Å². The Morgan fingerprint density at radius 3 is 2.45 bits per heavy atom. The number of anilines is 2. The maximum atomic E-state index is 15.0. The molecule has 0 unspecified atom stereocenters. The first-order valence-corrected chi connectivity index (χ1v) is 19.1. The van der Waals surface area contributed by atoms with Crippen LogP contribution in [0.2, 0.25) is 10.0 Å². The number of allylic oxidation sites excluding steroid dienone is 2. The van der Waals surface area contributed by atoms with Gasteiger partial charge >= 0.3 is 0 Å². The molecule has 9 rings (SSSR count). The number of carbonyl (C=O) groups excluding carboxylic acids is 4. The summed E-state index contributed by atoms with van der Waals surface area (Å²) >= 11 is 14.3. The number of fused-ring (bicyclic) bond motifs is 5. The van der Waals surface area contributed by atoms with Crippen molar-refractivity contribution in [3.05, 3.63) is 105 Å². The zero-order chi connectivity index (χ0) is 37.2. The third-order valence-corrected chi connectivity index (χ3v) is 14.0. The van der Waals surface area contributed by atoms with E-state index < -0.39 is 35.0 Å². The van der Waals surface area contributed by atoms with Crippen LogP contribution in [0.4, 0.5) is 11.5 Å². The number of phenols is 1. The Kier molecular flexibility index (Phi) is 7.62. The number of hydrogen-bond donors (Lipinski definition) is 1. The highest BCUT2D eigenvalue weighted by molar-refractivity contribution is 7.22. The molecular weight excluding hydrogens is 731 g/mol. The van der Waals surface area contributed by atoms with E-state index in [1.165, 1.54) is 9.80 Å². The molecule has 2 saturated heterocycles. The van der Waals surface area contributed by atoms with Crippen molar-refractivity contribution in [3.63, 3.8) is 0 Å². The van der Waals surface area contributed by atoms with Crippen LogP contribution in [-0.2, 0) is 26.2 Å². The normalized spacial score (nSPS) is 26.7. The highest BCUT2D eigenvalue weighted by Crippen LogP contribution is 2.64. The van der Waals surface area contributed by atoms with Crippen molar-refractivity contribution < 1.29 is 24.3 Å². The summed E-state index contributed by atoms with van der Waals surface area (Å²) in [5.74, 6) is -4.31. The molecule has 2 aliphatic carbocycles. The molecule has 268 valence electrons. The molecule has 4 aliphatic rings. The van der Waals surface area contributed by atoms with E-state index in [1.807, 2.05) is 51.1 Å². The van der Waals surface area contributed by atoms with Crippen LogP contribution in [0.25, 0.3) is 20.7 Å². The Bertz CT molecular complexity index is 2500. The quantitative estimate of drug-likeness (QED) is 0.145. The Balaban J connectivity index is 1.14. The van der Waals surface area contributed by atoms with Crippen molar-refractivity contribution >= 4 is 79.8 Å². The number of benzene rings is 3. The van der Waals surface area contributed by atoms with Crippen molar-refractivity contribution in [2.24, 2.45) is 36.1 Å². The van der Waals surface area contributed by atoms with Gasteiger partial charge in [0.2, 0.25) is 23.6 Å². The number of amides is 4. The van der Waals surface area contributed by atoms with Gasteiger partial charge in [-0.15, -0.1) is 11.3 Å². The summed E-state index contributed by atoms with van der Waals surface area (Å²) in [5, 5.41) is 17.6. The summed E-state index contributed by atoms with van der Waals surface area (Å²) in [6.45, 7) is 5.69. The van der Waals surface area contributed by atoms with Gasteiger partial charge < -0.3 is 5.11 Å². The zero-order valence-corrected chi connectivity index (χ0v) is 31.6. The molecule has 2 aromatic heterocycles. The van der Waals surface area contributed by atoms with Gasteiger partial charge in [0.05, 0.1) is 33.7 Å². The molecule has 0 radical (unpaired) electrons. The molecule has 53 heavy (non-hydrogen) atoms. The minimum Gasteiger partial charge on any atom is -0.508 e. The number of aromatic nitrogens is 2. The molecule has 9 nitrogen and oxygen atoms in total. The number of aromatic hydroxyl groups is 1. The fraction of sp³-hybridized carbons (Fsp3) is 0.293. The predicted molar refractivity (Wildman–Crippen MR) is 205 cm³/mol. The Morgan fingerprint density at radius 2 is 1.70 bits per heavy atom. The minimum atomic E-state index is -1.26. The van der Waals surface area contributed by atoms with Gasteiger partial charge in [0.25, 0.3) is 0 Å². The SMILES string of the molecule is Cc1ccc(N2C(=O)[C@H]3[C@H](CC=C4[C@H]3C[C@H]3C(=O)N(c5cc(-c6sc7ccc(Cl)cc7c6C)nn5C)C(=O)[C@@]3(C)[C@H]4c3cccc(O)c3)C2=O)cc1Cl. The molecule has 3 aromatic carbocycles. The number of halogens is 2. The second kappa shape index (κ2) is 11.9. The summed E-state index contributed by atoms with van der Waals surface area (Å²) in [4.78, 5) is 61.6. The highest BCUT2D eigenvalue weighted by atomic mass is 35.5. The summed E-state index contributed by atoms with van der Waals surface area (Å²) in [5.41, 5.74) is 3.13. The lowest BCUT2D eigenvalue weighted by Gasteiger charge is -2.49. The zero-order valence-electron chi connectivity index (χ0n) is 29.3. The molecule has 6 atom stereocenters. The summed E-state index contributed by atoms with van der Waals surface area (Å²) in [7, 11) is 1.72. The molecule has 5 aromatic rings. The van der Waals surface area contributed by atoms with E-state index >= 15 is 4.79 Å². The number of aryl methyl sites for hydroxylation is 3. The Labute approximate surface area is 319 Å². The Morgan fingerprint density at radius 1 is 0.906 bits per heavy atom. The molecule has 1 saturated carbocycles. The van der Waals surface area contributed by atoms with Crippen LogP contribution in [0, 0.1) is 42.9 Å². The maximum Gasteiger partial charge on any atom is 0.242 e. The summed E-state index contributed by atoms with van der Waals surface area (Å²) < 4.78 is 2.62. The number of hydrogen-bond acceptors (Lipinski definition) is 7. The first kappa shape index (κ1) is 34.0. The molecular formula is C41H34Cl2N4O5S. The third kappa shape index (κ3) is 4.78. The van der Waals surface area contributed by atoms with Crippen LogP contribution in [0.15, 0.2) is 78.4 Å². The molecule has 1 N–H and O–H groups in total. The van der Waals surface area contributed by atoms with E-state index in [9.17, 15) is 19.5 Å². The summed E-state index contributed by atoms with van der Waals surface area (Å²) in [6, 6.07) is 19.4. The number of nitrogens with zero attached hydrogens (tertiary/aromatic N) is 4. The molecule has 3 fully saturated rings. The minimum absolute atomic E-state index is 0.0264. The summed E-state index contributed by atoms with van der Waals surface area (Å²) in [6.07, 6.45) is 2.52. The number of carbonyl (C=O) groups is 4. The fourth-order valence-corrected chi connectivity index (χ4v) is 11.0. The van der Waals surface area contributed by atoms with Gasteiger partial charge in [-0.1, -0.05) is 53.1 Å². The van der Waals surface area contributed by atoms with Gasteiger partial charge in [-0.05, 0) is 104 Å². The standard InChI is InChI=1S/C41H34Cl2N4O5S/c1-19-8-10-23(16-30(19)43)46-37(49)26-12-11-25-28(34(26)39(46)51)17-29-38(50)47(40(52)41(29,3)35(25)21-6-5-7-24(48)14-21)33-18-31(44-45(33)4)36-20(2)27-15-22(42)9-13-32(27)53-36/h5-11,13-16,18,26,28-29,34-35,48H,12,17H2,1-4H3/t26-,28+,29-,34-,35-,41+/m0/s1. The average Bonchev–Trinajstić information content (AvgIpc) is 3.79. The number of thiophene rings is 1. The molecule has 0 bridgehead atoms. The lowest BCUT2D eigenvalue weighted by molar-refractivity contribution is -0.131. The van der Waals surface area contributed by atoms with Gasteiger partial charge in [0, 0.05) is 33.8 Å². The van der Waals surface area contributed by atoms with Crippen LogP contribution in [0.1, 0.15) is 42.4 Å². The van der Waals surface area contributed by atoms with Gasteiger partial charge in [-0.2, -0.15) is 5.10 Å². The van der Waals surface area contributed by atoms with Crippen LogP contribution >= 0.6 is 34.5 Å². The van der Waals surface area contributed by atoms with Crippen LogP contribution in [0.5, 0.6) is 5.75 Å². The van der Waals surface area contributed by atoms with Crippen molar-refractivity contribution in [1.29, 1.82) is 0 Å². The van der Waals surface area contributed by atoms with Gasteiger partial charge in [0.15, 0.2) is 0 Å². The molecule has 4 amide bonds. The smallest absolute Gasteiger partial charge is 0.242 e. The van der Waals surface area contributed by atoms with E-state index in [-0.39, 0.29) is 35.8 Å². The monoisotopic (exact) mass is 764 g/mol. The third-order valence-electron chi connectivity index (χ3n) is 12.1. The molecule has 0 spiro atoms. The number of rotatable bonds is 4. The predicted octanol–water partition coefficient (Wildman–Crippen LogP) is 8.37.